The van der Waals surface area contributed by atoms with Crippen molar-refractivity contribution in [2.45, 2.75) is 19.8 Å². The van der Waals surface area contributed by atoms with Crippen LogP contribution in [0.15, 0.2) is 18.5 Å². The Morgan fingerprint density at radius 1 is 1.30 bits per heavy atom. The number of aromatic nitrogens is 4. The number of aromatic amines is 1. The average Bonchev–Trinajstić information content (AvgIpc) is 3.13. The lowest BCUT2D eigenvalue weighted by molar-refractivity contribution is 0.122. The fourth-order valence-electron chi connectivity index (χ4n) is 2.58. The van der Waals surface area contributed by atoms with Gasteiger partial charge in [0, 0.05) is 44.6 Å². The summed E-state index contributed by atoms with van der Waals surface area (Å²) in [5, 5.41) is 6.84. The molecule has 124 valence electrons. The van der Waals surface area contributed by atoms with Crippen LogP contribution >= 0.6 is 0 Å². The highest BCUT2D eigenvalue weighted by Crippen LogP contribution is 2.18. The third-order valence-electron chi connectivity index (χ3n) is 4.09. The normalized spacial score (nSPS) is 15.0. The van der Waals surface area contributed by atoms with E-state index in [-0.39, 0.29) is 0 Å². The van der Waals surface area contributed by atoms with Gasteiger partial charge in [-0.05, 0) is 18.4 Å². The van der Waals surface area contributed by atoms with Gasteiger partial charge >= 0.3 is 0 Å². The van der Waals surface area contributed by atoms with Gasteiger partial charge in [0.2, 0.25) is 5.95 Å². The first-order valence-corrected chi connectivity index (χ1v) is 8.15. The van der Waals surface area contributed by atoms with Crippen molar-refractivity contribution in [3.63, 3.8) is 0 Å². The highest BCUT2D eigenvalue weighted by molar-refractivity contribution is 5.46. The van der Waals surface area contributed by atoms with Gasteiger partial charge in [-0.15, -0.1) is 0 Å². The van der Waals surface area contributed by atoms with Crippen molar-refractivity contribution in [3.8, 4) is 0 Å². The Morgan fingerprint density at radius 2 is 2.13 bits per heavy atom. The van der Waals surface area contributed by atoms with E-state index in [1.165, 1.54) is 5.56 Å². The molecule has 3 rings (SSSR count). The molecule has 7 heteroatoms. The van der Waals surface area contributed by atoms with Gasteiger partial charge < -0.3 is 14.5 Å². The molecule has 0 spiro atoms. The smallest absolute Gasteiger partial charge is 0.227 e. The second-order valence-electron chi connectivity index (χ2n) is 5.75. The highest BCUT2D eigenvalue weighted by Gasteiger charge is 2.16. The molecule has 23 heavy (non-hydrogen) atoms. The summed E-state index contributed by atoms with van der Waals surface area (Å²) in [6, 6.07) is 2.08. The standard InChI is InChI=1S/C16H24N6O/c1-3-14-10-15(21(2)5-4-13-11-17-18-12-13)20-16(19-14)22-6-8-23-9-7-22/h10-12H,3-9H2,1-2H3,(H,17,18). The molecule has 2 aromatic heterocycles. The number of nitrogens with zero attached hydrogens (tertiary/aromatic N) is 5. The molecule has 1 saturated heterocycles. The number of nitrogens with one attached hydrogen (secondary N) is 1. The van der Waals surface area contributed by atoms with Crippen LogP contribution in [-0.2, 0) is 17.6 Å². The summed E-state index contributed by atoms with van der Waals surface area (Å²) < 4.78 is 5.42. The van der Waals surface area contributed by atoms with E-state index in [2.05, 4.69) is 45.0 Å². The van der Waals surface area contributed by atoms with Crippen LogP contribution in [0.1, 0.15) is 18.2 Å². The molecular formula is C16H24N6O. The summed E-state index contributed by atoms with van der Waals surface area (Å²) in [5.41, 5.74) is 2.28. The van der Waals surface area contributed by atoms with Crippen LogP contribution < -0.4 is 9.80 Å². The minimum atomic E-state index is 0.741. The summed E-state index contributed by atoms with van der Waals surface area (Å²) in [5.74, 6) is 1.79. The molecule has 2 aromatic rings. The molecule has 1 fully saturated rings. The molecule has 0 amide bonds. The molecule has 0 aliphatic carbocycles. The minimum Gasteiger partial charge on any atom is -0.378 e. The summed E-state index contributed by atoms with van der Waals surface area (Å²) in [4.78, 5) is 13.8. The van der Waals surface area contributed by atoms with Crippen molar-refractivity contribution < 1.29 is 4.74 Å². The molecule has 7 nitrogen and oxygen atoms in total. The van der Waals surface area contributed by atoms with Crippen LogP contribution in [0.25, 0.3) is 0 Å². The first-order valence-electron chi connectivity index (χ1n) is 8.15. The summed E-state index contributed by atoms with van der Waals surface area (Å²) in [6.45, 7) is 6.20. The van der Waals surface area contributed by atoms with Gasteiger partial charge in [-0.1, -0.05) is 6.92 Å². The van der Waals surface area contributed by atoms with Gasteiger partial charge in [-0.3, -0.25) is 5.10 Å². The van der Waals surface area contributed by atoms with Gasteiger partial charge in [0.05, 0.1) is 19.4 Å². The minimum absolute atomic E-state index is 0.741. The maximum atomic E-state index is 5.42. The second kappa shape index (κ2) is 7.41. The van der Waals surface area contributed by atoms with Gasteiger partial charge in [0.25, 0.3) is 0 Å². The zero-order valence-electron chi connectivity index (χ0n) is 13.8. The molecule has 0 atom stereocenters. The molecule has 0 aromatic carbocycles. The third kappa shape index (κ3) is 3.98. The molecule has 3 heterocycles. The highest BCUT2D eigenvalue weighted by atomic mass is 16.5. The van der Waals surface area contributed by atoms with Crippen LogP contribution in [0.3, 0.4) is 0 Å². The third-order valence-corrected chi connectivity index (χ3v) is 4.09. The summed E-state index contributed by atoms with van der Waals surface area (Å²) >= 11 is 0. The van der Waals surface area contributed by atoms with Gasteiger partial charge in [0.15, 0.2) is 0 Å². The summed E-state index contributed by atoms with van der Waals surface area (Å²) in [6.07, 6.45) is 5.64. The van der Waals surface area contributed by atoms with Crippen LogP contribution in [0, 0.1) is 0 Å². The van der Waals surface area contributed by atoms with Crippen molar-refractivity contribution >= 4 is 11.8 Å². The van der Waals surface area contributed by atoms with E-state index < -0.39 is 0 Å². The lowest BCUT2D eigenvalue weighted by Gasteiger charge is -2.28. The Kier molecular flexibility index (Phi) is 5.07. The number of aryl methyl sites for hydroxylation is 1. The predicted molar refractivity (Wildman–Crippen MR) is 90.0 cm³/mol. The second-order valence-corrected chi connectivity index (χ2v) is 5.75. The fraction of sp³-hybridized carbons (Fsp3) is 0.562. The first-order chi connectivity index (χ1) is 11.3. The van der Waals surface area contributed by atoms with Crippen LogP contribution in [-0.4, -0.2) is 60.1 Å². The number of hydrogen-bond acceptors (Lipinski definition) is 6. The number of ether oxygens (including phenoxy) is 1. The number of likely N-dealkylation sites (N-methyl/N-ethyl adjacent to an activating group) is 1. The molecule has 0 radical (unpaired) electrons. The number of hydrogen-bond donors (Lipinski definition) is 1. The SMILES string of the molecule is CCc1cc(N(C)CCc2cn[nH]c2)nc(N2CCOCC2)n1. The monoisotopic (exact) mass is 316 g/mol. The predicted octanol–water partition coefficient (Wildman–Crippen LogP) is 1.28. The maximum absolute atomic E-state index is 5.42. The van der Waals surface area contributed by atoms with E-state index in [1.54, 1.807) is 0 Å². The van der Waals surface area contributed by atoms with Crippen LogP contribution in [0.5, 0.6) is 0 Å². The molecule has 1 N–H and O–H groups in total. The zero-order valence-corrected chi connectivity index (χ0v) is 13.8. The lowest BCUT2D eigenvalue weighted by atomic mass is 10.2. The molecule has 0 bridgehead atoms. The quantitative estimate of drug-likeness (QED) is 0.866. The van der Waals surface area contributed by atoms with Crippen LogP contribution in [0.4, 0.5) is 11.8 Å². The van der Waals surface area contributed by atoms with Gasteiger partial charge in [-0.25, -0.2) is 4.98 Å². The van der Waals surface area contributed by atoms with E-state index in [4.69, 9.17) is 9.72 Å². The zero-order chi connectivity index (χ0) is 16.1. The van der Waals surface area contributed by atoms with Crippen molar-refractivity contribution in [3.05, 3.63) is 29.7 Å². The Bertz CT molecular complexity index is 609. The largest absolute Gasteiger partial charge is 0.378 e. The Morgan fingerprint density at radius 3 is 2.83 bits per heavy atom. The van der Waals surface area contributed by atoms with Crippen molar-refractivity contribution in [2.24, 2.45) is 0 Å². The lowest BCUT2D eigenvalue weighted by Crippen LogP contribution is -2.37. The molecule has 0 unspecified atom stereocenters. The van der Waals surface area contributed by atoms with E-state index in [9.17, 15) is 0 Å². The van der Waals surface area contributed by atoms with E-state index in [0.29, 0.717) is 0 Å². The van der Waals surface area contributed by atoms with E-state index in [1.807, 2.05) is 12.4 Å². The molecular weight excluding hydrogens is 292 g/mol. The van der Waals surface area contributed by atoms with Crippen molar-refractivity contribution in [1.82, 2.24) is 20.2 Å². The number of H-pyrrole nitrogens is 1. The molecule has 0 saturated carbocycles. The van der Waals surface area contributed by atoms with Crippen molar-refractivity contribution in [1.29, 1.82) is 0 Å². The fourth-order valence-corrected chi connectivity index (χ4v) is 2.58. The average molecular weight is 316 g/mol. The molecule has 1 aliphatic rings. The van der Waals surface area contributed by atoms with Gasteiger partial charge in [-0.2, -0.15) is 10.1 Å². The number of anilines is 2. The van der Waals surface area contributed by atoms with Crippen LogP contribution in [0.2, 0.25) is 0 Å². The molecule has 1 aliphatic heterocycles. The Labute approximate surface area is 136 Å². The Hall–Kier alpha value is -2.15. The summed E-state index contributed by atoms with van der Waals surface area (Å²) in [7, 11) is 2.07. The number of morpholine rings is 1. The van der Waals surface area contributed by atoms with E-state index >= 15 is 0 Å². The first kappa shape index (κ1) is 15.7. The Balaban J connectivity index is 1.74. The van der Waals surface area contributed by atoms with Gasteiger partial charge in [0.1, 0.15) is 5.82 Å². The van der Waals surface area contributed by atoms with E-state index in [0.717, 1.165) is 63.1 Å². The maximum Gasteiger partial charge on any atom is 0.227 e. The van der Waals surface area contributed by atoms with Crippen molar-refractivity contribution in [2.75, 3.05) is 49.7 Å². The topological polar surface area (TPSA) is 70.2 Å². The number of rotatable bonds is 6.